The normalized spacial score (nSPS) is 11.7. The molecule has 0 atom stereocenters. The molecule has 0 spiro atoms. The van der Waals surface area contributed by atoms with Crippen molar-refractivity contribution in [1.82, 2.24) is 37.2 Å². The van der Waals surface area contributed by atoms with Crippen molar-refractivity contribution in [3.8, 4) is 0 Å². The average molecular weight is 1180 g/mol. The summed E-state index contributed by atoms with van der Waals surface area (Å²) < 4.78 is 86.8. The Morgan fingerprint density at radius 3 is 0.963 bits per heavy atom. The largest absolute Gasteiger partial charge is 0.378 e. The minimum absolute atomic E-state index is 0.0339. The van der Waals surface area contributed by atoms with Crippen LogP contribution in [0, 0.1) is 0 Å². The van der Waals surface area contributed by atoms with E-state index in [0.29, 0.717) is 25.7 Å². The molecule has 0 aliphatic carbocycles. The third-order valence-corrected chi connectivity index (χ3v) is 14.2. The van der Waals surface area contributed by atoms with E-state index in [-0.39, 0.29) is 155 Å². The van der Waals surface area contributed by atoms with Gasteiger partial charge < -0.3 is 51.4 Å². The number of hydrogen-bond donors (Lipinski definition) is 10. The van der Waals surface area contributed by atoms with Gasteiger partial charge in [0, 0.05) is 94.5 Å². The fourth-order valence-corrected chi connectivity index (χ4v) is 8.57. The van der Waals surface area contributed by atoms with Gasteiger partial charge in [-0.15, -0.1) is 0 Å². The van der Waals surface area contributed by atoms with Crippen LogP contribution < -0.4 is 52.6 Å². The van der Waals surface area contributed by atoms with Crippen LogP contribution in [-0.2, 0) is 68.3 Å². The van der Waals surface area contributed by atoms with E-state index in [1.54, 1.807) is 6.92 Å². The maximum absolute atomic E-state index is 13.4. The lowest BCUT2D eigenvalue weighted by Crippen LogP contribution is -2.58. The first kappa shape index (κ1) is 67.5. The zero-order valence-corrected chi connectivity index (χ0v) is 46.8. The van der Waals surface area contributed by atoms with E-state index in [1.165, 1.54) is 72.8 Å². The Morgan fingerprint density at radius 1 is 0.400 bits per heavy atom. The molecule has 80 heavy (non-hydrogen) atoms. The quantitative estimate of drug-likeness (QED) is 0.0305. The Hall–Kier alpha value is -6.77. The molecule has 13 N–H and O–H groups in total. The second kappa shape index (κ2) is 34.4. The number of nitrogens with one attached hydrogen (secondary N) is 7. The van der Waals surface area contributed by atoms with Crippen LogP contribution in [0.15, 0.2) is 87.5 Å². The van der Waals surface area contributed by atoms with E-state index in [2.05, 4.69) is 37.2 Å². The molecular formula is C50H72N10O17S3. The summed E-state index contributed by atoms with van der Waals surface area (Å²) in [6.45, 7) is 1.58. The van der Waals surface area contributed by atoms with E-state index in [1.807, 2.05) is 0 Å². The number of sulfonamides is 3. The molecule has 442 valence electrons. The van der Waals surface area contributed by atoms with Crippen molar-refractivity contribution in [2.24, 2.45) is 15.4 Å². The standard InChI is InChI=1S/C50H72N10O17S3/c1-2-39(61)7-3-8-46(65)60-50(33-75-30-21-43(62)54-24-4-27-57-47(66)36-9-15-40(16-10-36)78(51,69)70,34-76-31-22-44(63)55-25-5-28-58-48(67)37-11-17-41(18-12-37)79(52,71)72)35-77-32-23-45(64)56-26-6-29-59-49(68)38-13-19-42(20-14-38)80(53,73)74/h9-20H,2-8,21-35H2,1H3,(H,54,62)(H,55,63)(H,56,64)(H,57,66)(H,58,67)(H,59,68)(H,60,65)(H2,51,69,70)(H2,52,71,72)(H2,53,73,74). The van der Waals surface area contributed by atoms with E-state index in [0.717, 1.165) is 0 Å². The topological polar surface area (TPSA) is 429 Å². The lowest BCUT2D eigenvalue weighted by atomic mass is 10.0. The monoisotopic (exact) mass is 1180 g/mol. The maximum atomic E-state index is 13.4. The summed E-state index contributed by atoms with van der Waals surface area (Å²) in [6, 6.07) is 15.2. The molecule has 0 fully saturated rings. The third kappa shape index (κ3) is 26.9. The van der Waals surface area contributed by atoms with Crippen LogP contribution in [-0.4, -0.2) is 157 Å². The molecule has 0 aromatic heterocycles. The Labute approximate surface area is 465 Å². The highest BCUT2D eigenvalue weighted by molar-refractivity contribution is 7.89. The van der Waals surface area contributed by atoms with Gasteiger partial charge in [0.25, 0.3) is 17.7 Å². The maximum Gasteiger partial charge on any atom is 0.251 e. The van der Waals surface area contributed by atoms with E-state index < -0.39 is 77.0 Å². The molecule has 0 unspecified atom stereocenters. The molecule has 7 amide bonds. The lowest BCUT2D eigenvalue weighted by molar-refractivity contribution is -0.131. The Bertz CT molecular complexity index is 2610. The number of rotatable bonds is 39. The number of carbonyl (C=O) groups excluding carboxylic acids is 8. The molecule has 0 aliphatic rings. The van der Waals surface area contributed by atoms with Crippen molar-refractivity contribution < 1.29 is 77.8 Å². The Kier molecular flexibility index (Phi) is 29.0. The highest BCUT2D eigenvalue weighted by Gasteiger charge is 2.34. The fourth-order valence-electron chi connectivity index (χ4n) is 7.03. The molecular weight excluding hydrogens is 1110 g/mol. The number of nitrogens with two attached hydrogens (primary N) is 3. The molecule has 0 aliphatic heterocycles. The number of carbonyl (C=O) groups is 8. The third-order valence-electron chi connectivity index (χ3n) is 11.4. The molecule has 0 radical (unpaired) electrons. The number of ether oxygens (including phenoxy) is 3. The fraction of sp³-hybridized carbons (Fsp3) is 0.480. The Balaban J connectivity index is 1.56. The molecule has 0 saturated carbocycles. The van der Waals surface area contributed by atoms with Gasteiger partial charge in [-0.2, -0.15) is 0 Å². The first-order chi connectivity index (χ1) is 37.8. The molecule has 30 heteroatoms. The van der Waals surface area contributed by atoms with Gasteiger partial charge in [-0.25, -0.2) is 40.7 Å². The summed E-state index contributed by atoms with van der Waals surface area (Å²) in [6.07, 6.45) is 1.33. The van der Waals surface area contributed by atoms with Crippen LogP contribution in [0.25, 0.3) is 0 Å². The van der Waals surface area contributed by atoms with Gasteiger partial charge in [0.05, 0.1) is 54.3 Å². The SMILES string of the molecule is CCC(=O)CCCC(=O)NC(COCCC(=O)NCCCNC(=O)c1ccc(S(N)(=O)=O)cc1)(COCCC(=O)NCCCNC(=O)c1ccc(S(N)(=O)=O)cc1)COCCC(=O)NCCCNC(=O)c1ccc(S(N)(=O)=O)cc1. The van der Waals surface area contributed by atoms with Gasteiger partial charge in [-0.1, -0.05) is 6.92 Å². The van der Waals surface area contributed by atoms with Gasteiger partial charge in [0.1, 0.15) is 11.3 Å². The molecule has 3 rings (SSSR count). The highest BCUT2D eigenvalue weighted by atomic mass is 32.2. The van der Waals surface area contributed by atoms with Crippen LogP contribution in [0.2, 0.25) is 0 Å². The summed E-state index contributed by atoms with van der Waals surface area (Å²) >= 11 is 0. The van der Waals surface area contributed by atoms with Gasteiger partial charge in [0.2, 0.25) is 53.7 Å². The van der Waals surface area contributed by atoms with Crippen LogP contribution in [0.4, 0.5) is 0 Å². The first-order valence-electron chi connectivity index (χ1n) is 25.4. The molecule has 3 aromatic carbocycles. The summed E-state index contributed by atoms with van der Waals surface area (Å²) in [5.41, 5.74) is -0.818. The predicted molar refractivity (Wildman–Crippen MR) is 290 cm³/mol. The zero-order valence-electron chi connectivity index (χ0n) is 44.4. The molecule has 0 saturated heterocycles. The number of benzene rings is 3. The smallest absolute Gasteiger partial charge is 0.251 e. The van der Waals surface area contributed by atoms with Crippen LogP contribution in [0.5, 0.6) is 0 Å². The van der Waals surface area contributed by atoms with Crippen molar-refractivity contribution in [2.45, 2.75) is 91.4 Å². The van der Waals surface area contributed by atoms with Gasteiger partial charge in [0.15, 0.2) is 0 Å². The number of Topliss-reactive ketones (excluding diaryl/α,β-unsaturated/α-hetero) is 1. The summed E-state index contributed by atoms with van der Waals surface area (Å²) in [4.78, 5) is 101. The number of primary sulfonamides is 3. The van der Waals surface area contributed by atoms with E-state index in [9.17, 15) is 63.6 Å². The van der Waals surface area contributed by atoms with Crippen molar-refractivity contribution in [3.05, 3.63) is 89.5 Å². The molecule has 0 heterocycles. The first-order valence-corrected chi connectivity index (χ1v) is 30.0. The Morgan fingerprint density at radius 2 is 0.688 bits per heavy atom. The number of ketones is 1. The van der Waals surface area contributed by atoms with Crippen LogP contribution >= 0.6 is 0 Å². The van der Waals surface area contributed by atoms with E-state index in [4.69, 9.17) is 29.6 Å². The second-order valence-corrected chi connectivity index (χ2v) is 22.8. The van der Waals surface area contributed by atoms with Crippen molar-refractivity contribution >= 4 is 77.2 Å². The van der Waals surface area contributed by atoms with Crippen LogP contribution in [0.1, 0.15) is 102 Å². The van der Waals surface area contributed by atoms with Crippen LogP contribution in [0.3, 0.4) is 0 Å². The minimum Gasteiger partial charge on any atom is -0.378 e. The number of amides is 7. The van der Waals surface area contributed by atoms with Gasteiger partial charge in [-0.3, -0.25) is 38.4 Å². The summed E-state index contributed by atoms with van der Waals surface area (Å²) in [7, 11) is -11.8. The van der Waals surface area contributed by atoms with E-state index >= 15 is 0 Å². The average Bonchev–Trinajstić information content (AvgIpc) is 3.41. The number of hydrogen-bond acceptors (Lipinski definition) is 17. The van der Waals surface area contributed by atoms with Gasteiger partial charge in [-0.05, 0) is 98.5 Å². The predicted octanol–water partition coefficient (Wildman–Crippen LogP) is -1.04. The molecule has 3 aromatic rings. The minimum atomic E-state index is -3.93. The van der Waals surface area contributed by atoms with Gasteiger partial charge >= 0.3 is 0 Å². The molecule has 27 nitrogen and oxygen atoms in total. The van der Waals surface area contributed by atoms with Crippen molar-refractivity contribution in [3.63, 3.8) is 0 Å². The van der Waals surface area contributed by atoms with Crippen molar-refractivity contribution in [2.75, 3.05) is 78.9 Å². The second-order valence-electron chi connectivity index (χ2n) is 18.1. The molecule has 0 bridgehead atoms. The summed E-state index contributed by atoms with van der Waals surface area (Å²) in [5.74, 6) is -3.08. The summed E-state index contributed by atoms with van der Waals surface area (Å²) in [5, 5.41) is 34.4. The van der Waals surface area contributed by atoms with Crippen molar-refractivity contribution in [1.29, 1.82) is 0 Å². The highest BCUT2D eigenvalue weighted by Crippen LogP contribution is 2.14. The zero-order chi connectivity index (χ0) is 59.2. The lowest BCUT2D eigenvalue weighted by Gasteiger charge is -2.34.